The Balaban J connectivity index is 1.82. The maximum atomic E-state index is 11.9. The van der Waals surface area contributed by atoms with Crippen LogP contribution >= 0.6 is 0 Å². The summed E-state index contributed by atoms with van der Waals surface area (Å²) >= 11 is 0. The van der Waals surface area contributed by atoms with Crippen LogP contribution in [0, 0.1) is 27.7 Å². The Morgan fingerprint density at radius 2 is 1.61 bits per heavy atom. The predicted octanol–water partition coefficient (Wildman–Crippen LogP) is 3.76. The summed E-state index contributed by atoms with van der Waals surface area (Å²) in [6, 6.07) is 11.8. The van der Waals surface area contributed by atoms with E-state index in [1.165, 1.54) is 5.56 Å². The van der Waals surface area contributed by atoms with Gasteiger partial charge in [0.05, 0.1) is 0 Å². The lowest BCUT2D eigenvalue weighted by molar-refractivity contribution is 0.223. The predicted molar refractivity (Wildman–Crippen MR) is 92.7 cm³/mol. The summed E-state index contributed by atoms with van der Waals surface area (Å²) in [5.74, 6) is 0.837. The molecule has 0 fully saturated rings. The van der Waals surface area contributed by atoms with Crippen molar-refractivity contribution in [1.29, 1.82) is 0 Å². The van der Waals surface area contributed by atoms with Gasteiger partial charge in [0.15, 0.2) is 6.73 Å². The van der Waals surface area contributed by atoms with E-state index in [1.54, 1.807) is 0 Å². The number of hydrogen-bond acceptors (Lipinski definition) is 2. The fourth-order valence-electron chi connectivity index (χ4n) is 2.37. The van der Waals surface area contributed by atoms with Crippen molar-refractivity contribution in [3.8, 4) is 5.75 Å². The summed E-state index contributed by atoms with van der Waals surface area (Å²) in [7, 11) is 0. The zero-order chi connectivity index (χ0) is 16.8. The maximum absolute atomic E-state index is 11.9. The van der Waals surface area contributed by atoms with Crippen molar-refractivity contribution >= 4 is 6.03 Å². The number of nitrogens with one attached hydrogen (secondary N) is 2. The number of carbonyl (C=O) groups excluding carboxylic acids is 1. The third-order valence-corrected chi connectivity index (χ3v) is 4.02. The van der Waals surface area contributed by atoms with E-state index in [2.05, 4.69) is 16.7 Å². The van der Waals surface area contributed by atoms with Crippen LogP contribution in [0.25, 0.3) is 0 Å². The van der Waals surface area contributed by atoms with Crippen LogP contribution in [0.4, 0.5) is 4.79 Å². The second kappa shape index (κ2) is 7.68. The molecule has 2 amide bonds. The molecule has 0 spiro atoms. The Morgan fingerprint density at radius 3 is 2.35 bits per heavy atom. The van der Waals surface area contributed by atoms with Gasteiger partial charge in [0.2, 0.25) is 0 Å². The molecule has 4 heteroatoms. The van der Waals surface area contributed by atoms with Gasteiger partial charge < -0.3 is 15.4 Å². The summed E-state index contributed by atoms with van der Waals surface area (Å²) in [5.41, 5.74) is 5.61. The molecule has 0 aromatic heterocycles. The molecule has 2 N–H and O–H groups in total. The summed E-state index contributed by atoms with van der Waals surface area (Å²) in [4.78, 5) is 11.9. The first-order valence-electron chi connectivity index (χ1n) is 7.75. The molecule has 4 nitrogen and oxygen atoms in total. The van der Waals surface area contributed by atoms with Gasteiger partial charge in [-0.1, -0.05) is 36.4 Å². The molecule has 0 bridgehead atoms. The van der Waals surface area contributed by atoms with Gasteiger partial charge in [0.25, 0.3) is 0 Å². The third kappa shape index (κ3) is 4.49. The largest absolute Gasteiger partial charge is 0.473 e. The Morgan fingerprint density at radius 1 is 0.913 bits per heavy atom. The number of hydrogen-bond donors (Lipinski definition) is 2. The zero-order valence-electron chi connectivity index (χ0n) is 14.2. The topological polar surface area (TPSA) is 50.4 Å². The van der Waals surface area contributed by atoms with E-state index in [0.29, 0.717) is 6.54 Å². The molecule has 0 heterocycles. The van der Waals surface area contributed by atoms with E-state index < -0.39 is 0 Å². The van der Waals surface area contributed by atoms with Crippen molar-refractivity contribution in [2.24, 2.45) is 0 Å². The van der Waals surface area contributed by atoms with E-state index in [-0.39, 0.29) is 12.8 Å². The number of carbonyl (C=O) groups is 1. The van der Waals surface area contributed by atoms with Gasteiger partial charge in [-0.05, 0) is 55.5 Å². The summed E-state index contributed by atoms with van der Waals surface area (Å²) < 4.78 is 5.72. The lowest BCUT2D eigenvalue weighted by atomic mass is 10.1. The highest BCUT2D eigenvalue weighted by molar-refractivity contribution is 5.73. The van der Waals surface area contributed by atoms with Crippen molar-refractivity contribution in [3.63, 3.8) is 0 Å². The van der Waals surface area contributed by atoms with E-state index in [9.17, 15) is 4.79 Å². The van der Waals surface area contributed by atoms with Crippen molar-refractivity contribution in [1.82, 2.24) is 10.6 Å². The van der Waals surface area contributed by atoms with E-state index in [1.807, 2.05) is 58.0 Å². The van der Waals surface area contributed by atoms with E-state index in [0.717, 1.165) is 28.0 Å². The molecule has 0 atom stereocenters. The minimum absolute atomic E-state index is 0.144. The molecule has 0 unspecified atom stereocenters. The summed E-state index contributed by atoms with van der Waals surface area (Å²) in [6.45, 7) is 8.74. The monoisotopic (exact) mass is 312 g/mol. The standard InChI is InChI=1S/C19H24N2O2/c1-13-9-10-15(3)18(16(13)4)23-12-21-19(22)20-11-17-8-6-5-7-14(17)2/h5-10H,11-12H2,1-4H3,(H2,20,21,22). The van der Waals surface area contributed by atoms with Gasteiger partial charge in [-0.2, -0.15) is 0 Å². The first-order valence-corrected chi connectivity index (χ1v) is 7.75. The molecule has 122 valence electrons. The molecule has 23 heavy (non-hydrogen) atoms. The number of ether oxygens (including phenoxy) is 1. The molecular weight excluding hydrogens is 288 g/mol. The highest BCUT2D eigenvalue weighted by Crippen LogP contribution is 2.25. The van der Waals surface area contributed by atoms with Crippen molar-refractivity contribution in [2.75, 3.05) is 6.73 Å². The number of urea groups is 1. The molecule has 2 rings (SSSR count). The molecule has 0 aliphatic heterocycles. The van der Waals surface area contributed by atoms with Gasteiger partial charge in [0.1, 0.15) is 5.75 Å². The van der Waals surface area contributed by atoms with Crippen LogP contribution in [-0.2, 0) is 6.54 Å². The molecule has 2 aromatic rings. The normalized spacial score (nSPS) is 10.3. The molecule has 0 saturated carbocycles. The first-order chi connectivity index (χ1) is 11.0. The molecule has 2 aromatic carbocycles. The molecule has 0 saturated heterocycles. The second-order valence-electron chi connectivity index (χ2n) is 5.73. The number of amides is 2. The van der Waals surface area contributed by atoms with Crippen LogP contribution in [0.15, 0.2) is 36.4 Å². The minimum Gasteiger partial charge on any atom is -0.473 e. The average Bonchev–Trinajstić information content (AvgIpc) is 2.53. The Bertz CT molecular complexity index is 696. The SMILES string of the molecule is Cc1ccccc1CNC(=O)NCOc1c(C)ccc(C)c1C. The fraction of sp³-hybridized carbons (Fsp3) is 0.316. The molecule has 0 aliphatic rings. The van der Waals surface area contributed by atoms with Crippen LogP contribution in [0.3, 0.4) is 0 Å². The Kier molecular flexibility index (Phi) is 5.63. The van der Waals surface area contributed by atoms with E-state index in [4.69, 9.17) is 4.74 Å². The van der Waals surface area contributed by atoms with Gasteiger partial charge in [0, 0.05) is 6.54 Å². The Labute approximate surface area is 137 Å². The quantitative estimate of drug-likeness (QED) is 0.826. The summed E-state index contributed by atoms with van der Waals surface area (Å²) in [5, 5.41) is 5.56. The second-order valence-corrected chi connectivity index (χ2v) is 5.73. The molecular formula is C19H24N2O2. The fourth-order valence-corrected chi connectivity index (χ4v) is 2.37. The molecule has 0 radical (unpaired) electrons. The number of rotatable bonds is 5. The summed E-state index contributed by atoms with van der Waals surface area (Å²) in [6.07, 6.45) is 0. The van der Waals surface area contributed by atoms with Crippen LogP contribution in [0.1, 0.15) is 27.8 Å². The number of aryl methyl sites for hydroxylation is 3. The molecule has 0 aliphatic carbocycles. The highest BCUT2D eigenvalue weighted by atomic mass is 16.5. The van der Waals surface area contributed by atoms with Crippen LogP contribution in [0.5, 0.6) is 5.75 Å². The van der Waals surface area contributed by atoms with Crippen LogP contribution in [-0.4, -0.2) is 12.8 Å². The Hall–Kier alpha value is -2.49. The third-order valence-electron chi connectivity index (χ3n) is 4.02. The van der Waals surface area contributed by atoms with Crippen molar-refractivity contribution in [2.45, 2.75) is 34.2 Å². The van der Waals surface area contributed by atoms with Gasteiger partial charge in [-0.25, -0.2) is 4.79 Å². The minimum atomic E-state index is -0.240. The number of benzene rings is 2. The van der Waals surface area contributed by atoms with Gasteiger partial charge in [-0.3, -0.25) is 0 Å². The zero-order valence-corrected chi connectivity index (χ0v) is 14.2. The van der Waals surface area contributed by atoms with Crippen molar-refractivity contribution in [3.05, 3.63) is 64.2 Å². The van der Waals surface area contributed by atoms with Gasteiger partial charge >= 0.3 is 6.03 Å². The van der Waals surface area contributed by atoms with Crippen molar-refractivity contribution < 1.29 is 9.53 Å². The van der Waals surface area contributed by atoms with Crippen LogP contribution in [0.2, 0.25) is 0 Å². The first kappa shape index (κ1) is 16.9. The smallest absolute Gasteiger partial charge is 0.317 e. The lowest BCUT2D eigenvalue weighted by Crippen LogP contribution is -2.37. The van der Waals surface area contributed by atoms with Crippen LogP contribution < -0.4 is 15.4 Å². The average molecular weight is 312 g/mol. The maximum Gasteiger partial charge on any atom is 0.317 e. The lowest BCUT2D eigenvalue weighted by Gasteiger charge is -2.15. The highest BCUT2D eigenvalue weighted by Gasteiger charge is 2.07. The van der Waals surface area contributed by atoms with E-state index >= 15 is 0 Å². The van der Waals surface area contributed by atoms with Gasteiger partial charge in [-0.15, -0.1) is 0 Å².